The summed E-state index contributed by atoms with van der Waals surface area (Å²) in [7, 11) is 0. The molecule has 0 spiro atoms. The quantitative estimate of drug-likeness (QED) is 0.883. The Balaban J connectivity index is 2.20. The van der Waals surface area contributed by atoms with Crippen LogP contribution in [-0.2, 0) is 0 Å². The summed E-state index contributed by atoms with van der Waals surface area (Å²) in [5.41, 5.74) is 8.13. The molecule has 1 atom stereocenters. The van der Waals surface area contributed by atoms with E-state index in [-0.39, 0.29) is 6.04 Å². The summed E-state index contributed by atoms with van der Waals surface area (Å²) in [5, 5.41) is 3.08. The van der Waals surface area contributed by atoms with Crippen molar-refractivity contribution in [3.8, 4) is 11.3 Å². The van der Waals surface area contributed by atoms with Crippen molar-refractivity contribution in [1.82, 2.24) is 9.97 Å². The van der Waals surface area contributed by atoms with Gasteiger partial charge < -0.3 is 5.73 Å². The SMILES string of the molecule is CCCC(N)c1nc(-c2ccncc2)cs1. The second kappa shape index (κ2) is 5.18. The predicted octanol–water partition coefficient (Wildman–Crippen LogP) is 3.01. The van der Waals surface area contributed by atoms with Gasteiger partial charge in [0.2, 0.25) is 0 Å². The fourth-order valence-corrected chi connectivity index (χ4v) is 2.41. The van der Waals surface area contributed by atoms with Crippen LogP contribution in [0.3, 0.4) is 0 Å². The summed E-state index contributed by atoms with van der Waals surface area (Å²) in [6.45, 7) is 2.14. The van der Waals surface area contributed by atoms with Gasteiger partial charge in [0.05, 0.1) is 11.7 Å². The van der Waals surface area contributed by atoms with Crippen LogP contribution in [0.4, 0.5) is 0 Å². The molecule has 1 unspecified atom stereocenters. The third-order valence-corrected chi connectivity index (χ3v) is 3.39. The maximum absolute atomic E-state index is 6.03. The van der Waals surface area contributed by atoms with Crippen molar-refractivity contribution in [2.24, 2.45) is 5.73 Å². The summed E-state index contributed by atoms with van der Waals surface area (Å²) < 4.78 is 0. The minimum Gasteiger partial charge on any atom is -0.322 e. The molecule has 2 aromatic rings. The lowest BCUT2D eigenvalue weighted by atomic mass is 10.2. The summed E-state index contributed by atoms with van der Waals surface area (Å²) in [5.74, 6) is 0. The Hall–Kier alpha value is -1.26. The van der Waals surface area contributed by atoms with E-state index >= 15 is 0 Å². The van der Waals surface area contributed by atoms with Gasteiger partial charge in [-0.05, 0) is 18.6 Å². The minimum atomic E-state index is 0.0746. The van der Waals surface area contributed by atoms with Crippen LogP contribution in [0.15, 0.2) is 29.9 Å². The summed E-state index contributed by atoms with van der Waals surface area (Å²) in [6.07, 6.45) is 5.63. The molecule has 2 aromatic heterocycles. The van der Waals surface area contributed by atoms with Crippen molar-refractivity contribution in [1.29, 1.82) is 0 Å². The predicted molar refractivity (Wildman–Crippen MR) is 67.2 cm³/mol. The average Bonchev–Trinajstić information content (AvgIpc) is 2.80. The summed E-state index contributed by atoms with van der Waals surface area (Å²) in [6, 6.07) is 4.00. The van der Waals surface area contributed by atoms with Gasteiger partial charge in [-0.25, -0.2) is 4.98 Å². The first-order chi connectivity index (χ1) is 7.81. The van der Waals surface area contributed by atoms with Crippen molar-refractivity contribution in [3.63, 3.8) is 0 Å². The normalized spacial score (nSPS) is 12.6. The monoisotopic (exact) mass is 233 g/mol. The van der Waals surface area contributed by atoms with E-state index in [0.717, 1.165) is 29.1 Å². The highest BCUT2D eigenvalue weighted by Gasteiger charge is 2.10. The van der Waals surface area contributed by atoms with Crippen LogP contribution in [0.1, 0.15) is 30.8 Å². The van der Waals surface area contributed by atoms with E-state index in [1.54, 1.807) is 23.7 Å². The van der Waals surface area contributed by atoms with Gasteiger partial charge in [-0.1, -0.05) is 13.3 Å². The molecule has 4 heteroatoms. The lowest BCUT2D eigenvalue weighted by Crippen LogP contribution is -2.09. The second-order valence-corrected chi connectivity index (χ2v) is 4.59. The molecule has 0 aliphatic heterocycles. The molecule has 0 aromatic carbocycles. The lowest BCUT2D eigenvalue weighted by Gasteiger charge is -2.04. The summed E-state index contributed by atoms with van der Waals surface area (Å²) in [4.78, 5) is 8.56. The highest BCUT2D eigenvalue weighted by molar-refractivity contribution is 7.10. The third-order valence-electron chi connectivity index (χ3n) is 2.41. The molecule has 0 saturated heterocycles. The smallest absolute Gasteiger partial charge is 0.110 e. The second-order valence-electron chi connectivity index (χ2n) is 3.70. The van der Waals surface area contributed by atoms with Gasteiger partial charge in [0.25, 0.3) is 0 Å². The maximum atomic E-state index is 6.03. The average molecular weight is 233 g/mol. The first kappa shape index (κ1) is 11.2. The van der Waals surface area contributed by atoms with E-state index in [1.165, 1.54) is 0 Å². The number of pyridine rings is 1. The molecular formula is C12H15N3S. The van der Waals surface area contributed by atoms with Crippen molar-refractivity contribution >= 4 is 11.3 Å². The Morgan fingerprint density at radius 2 is 2.12 bits per heavy atom. The van der Waals surface area contributed by atoms with Crippen LogP contribution in [0.5, 0.6) is 0 Å². The van der Waals surface area contributed by atoms with Gasteiger partial charge in [-0.15, -0.1) is 11.3 Å². The Kier molecular flexibility index (Phi) is 3.64. The topological polar surface area (TPSA) is 51.8 Å². The first-order valence-electron chi connectivity index (χ1n) is 5.42. The molecule has 0 aliphatic carbocycles. The minimum absolute atomic E-state index is 0.0746. The van der Waals surface area contributed by atoms with Crippen LogP contribution in [0, 0.1) is 0 Å². The van der Waals surface area contributed by atoms with E-state index in [9.17, 15) is 0 Å². The van der Waals surface area contributed by atoms with Gasteiger partial charge in [-0.3, -0.25) is 4.98 Å². The highest BCUT2D eigenvalue weighted by Crippen LogP contribution is 2.25. The number of rotatable bonds is 4. The van der Waals surface area contributed by atoms with Gasteiger partial charge >= 0.3 is 0 Å². The molecule has 16 heavy (non-hydrogen) atoms. The Morgan fingerprint density at radius 1 is 1.38 bits per heavy atom. The fourth-order valence-electron chi connectivity index (χ4n) is 1.55. The van der Waals surface area contributed by atoms with Gasteiger partial charge in [0.1, 0.15) is 5.01 Å². The fraction of sp³-hybridized carbons (Fsp3) is 0.333. The molecular weight excluding hydrogens is 218 g/mol. The molecule has 84 valence electrons. The van der Waals surface area contributed by atoms with E-state index in [0.29, 0.717) is 0 Å². The van der Waals surface area contributed by atoms with Crippen LogP contribution < -0.4 is 5.73 Å². The Morgan fingerprint density at radius 3 is 2.81 bits per heavy atom. The molecule has 2 N–H and O–H groups in total. The number of aromatic nitrogens is 2. The van der Waals surface area contributed by atoms with Gasteiger partial charge in [-0.2, -0.15) is 0 Å². The number of hydrogen-bond donors (Lipinski definition) is 1. The molecule has 0 radical (unpaired) electrons. The van der Waals surface area contributed by atoms with Gasteiger partial charge in [0.15, 0.2) is 0 Å². The number of nitrogens with two attached hydrogens (primary N) is 1. The number of nitrogens with zero attached hydrogens (tertiary/aromatic N) is 2. The zero-order chi connectivity index (χ0) is 11.4. The number of hydrogen-bond acceptors (Lipinski definition) is 4. The van der Waals surface area contributed by atoms with Crippen LogP contribution in [-0.4, -0.2) is 9.97 Å². The number of thiazole rings is 1. The van der Waals surface area contributed by atoms with Crippen molar-refractivity contribution in [3.05, 3.63) is 34.9 Å². The molecule has 3 nitrogen and oxygen atoms in total. The molecule has 0 aliphatic rings. The van der Waals surface area contributed by atoms with Gasteiger partial charge in [0, 0.05) is 23.3 Å². The van der Waals surface area contributed by atoms with Crippen LogP contribution in [0.2, 0.25) is 0 Å². The Labute approximate surface area is 99.4 Å². The van der Waals surface area contributed by atoms with Crippen molar-refractivity contribution in [2.45, 2.75) is 25.8 Å². The lowest BCUT2D eigenvalue weighted by molar-refractivity contribution is 0.635. The molecule has 0 saturated carbocycles. The van der Waals surface area contributed by atoms with E-state index < -0.39 is 0 Å². The largest absolute Gasteiger partial charge is 0.322 e. The third kappa shape index (κ3) is 2.46. The molecule has 2 rings (SSSR count). The molecule has 0 bridgehead atoms. The summed E-state index contributed by atoms with van der Waals surface area (Å²) >= 11 is 1.64. The first-order valence-corrected chi connectivity index (χ1v) is 6.30. The van der Waals surface area contributed by atoms with Crippen molar-refractivity contribution < 1.29 is 0 Å². The maximum Gasteiger partial charge on any atom is 0.110 e. The van der Waals surface area contributed by atoms with E-state index in [2.05, 4.69) is 22.3 Å². The van der Waals surface area contributed by atoms with Crippen LogP contribution in [0.25, 0.3) is 11.3 Å². The highest BCUT2D eigenvalue weighted by atomic mass is 32.1. The van der Waals surface area contributed by atoms with Crippen LogP contribution >= 0.6 is 11.3 Å². The zero-order valence-corrected chi connectivity index (χ0v) is 10.1. The van der Waals surface area contributed by atoms with Crippen molar-refractivity contribution in [2.75, 3.05) is 0 Å². The molecule has 0 amide bonds. The molecule has 2 heterocycles. The Bertz CT molecular complexity index is 439. The zero-order valence-electron chi connectivity index (χ0n) is 9.26. The standard InChI is InChI=1S/C12H15N3S/c1-2-3-10(13)12-15-11(8-16-12)9-4-6-14-7-5-9/h4-8,10H,2-3,13H2,1H3. The van der Waals surface area contributed by atoms with E-state index in [4.69, 9.17) is 5.73 Å². The molecule has 0 fully saturated rings. The van der Waals surface area contributed by atoms with E-state index in [1.807, 2.05) is 12.1 Å².